The normalized spacial score (nSPS) is 33.6. The predicted molar refractivity (Wildman–Crippen MR) is 66.8 cm³/mol. The minimum Gasteiger partial charge on any atom is -0.381 e. The van der Waals surface area contributed by atoms with Gasteiger partial charge in [0.15, 0.2) is 0 Å². The number of carbonyl (C=O) groups excluding carboxylic acids is 1. The fraction of sp³-hybridized carbons (Fsp3) is 0.923. The molecule has 0 aromatic rings. The van der Waals surface area contributed by atoms with Gasteiger partial charge in [0.25, 0.3) is 0 Å². The molecule has 17 heavy (non-hydrogen) atoms. The molecule has 3 atom stereocenters. The zero-order chi connectivity index (χ0) is 12.3. The Morgan fingerprint density at radius 1 is 1.47 bits per heavy atom. The molecule has 2 aliphatic heterocycles. The van der Waals surface area contributed by atoms with Crippen LogP contribution in [0, 0.1) is 11.8 Å². The van der Waals surface area contributed by atoms with E-state index in [1.807, 2.05) is 11.9 Å². The molecule has 1 N–H and O–H groups in total. The van der Waals surface area contributed by atoms with Gasteiger partial charge in [-0.25, -0.2) is 0 Å². The molecule has 0 spiro atoms. The maximum Gasteiger partial charge on any atom is 0.227 e. The first-order valence-corrected chi connectivity index (χ1v) is 6.74. The van der Waals surface area contributed by atoms with Crippen LogP contribution < -0.4 is 5.32 Å². The lowest BCUT2D eigenvalue weighted by atomic mass is 9.98. The Balaban J connectivity index is 1.81. The van der Waals surface area contributed by atoms with Crippen molar-refractivity contribution >= 4 is 5.91 Å². The van der Waals surface area contributed by atoms with E-state index < -0.39 is 0 Å². The van der Waals surface area contributed by atoms with Crippen LogP contribution in [0.25, 0.3) is 0 Å². The molecule has 4 nitrogen and oxygen atoms in total. The topological polar surface area (TPSA) is 41.6 Å². The zero-order valence-corrected chi connectivity index (χ0v) is 10.9. The number of rotatable bonds is 3. The summed E-state index contributed by atoms with van der Waals surface area (Å²) in [6.07, 6.45) is 3.30. The highest BCUT2D eigenvalue weighted by Gasteiger charge is 2.32. The van der Waals surface area contributed by atoms with Gasteiger partial charge in [-0.05, 0) is 38.6 Å². The smallest absolute Gasteiger partial charge is 0.227 e. The molecule has 2 fully saturated rings. The molecule has 2 aliphatic rings. The van der Waals surface area contributed by atoms with E-state index in [4.69, 9.17) is 4.74 Å². The van der Waals surface area contributed by atoms with Crippen LogP contribution in [-0.2, 0) is 9.53 Å². The van der Waals surface area contributed by atoms with Crippen molar-refractivity contribution in [1.82, 2.24) is 10.2 Å². The van der Waals surface area contributed by atoms with Gasteiger partial charge in [0.1, 0.15) is 0 Å². The molecular weight excluding hydrogens is 216 g/mol. The Morgan fingerprint density at radius 2 is 2.29 bits per heavy atom. The van der Waals surface area contributed by atoms with E-state index in [1.54, 1.807) is 0 Å². The summed E-state index contributed by atoms with van der Waals surface area (Å²) in [5, 5.41) is 3.34. The summed E-state index contributed by atoms with van der Waals surface area (Å²) in [6, 6.07) is 0.326. The summed E-state index contributed by atoms with van der Waals surface area (Å²) < 4.78 is 5.46. The van der Waals surface area contributed by atoms with Crippen LogP contribution in [0.1, 0.15) is 26.2 Å². The zero-order valence-electron chi connectivity index (χ0n) is 10.9. The van der Waals surface area contributed by atoms with E-state index in [0.717, 1.165) is 39.1 Å². The Labute approximate surface area is 104 Å². The van der Waals surface area contributed by atoms with Crippen LogP contribution >= 0.6 is 0 Å². The Bertz CT molecular complexity index is 264. The molecular formula is C13H24N2O2. The molecule has 0 aliphatic carbocycles. The monoisotopic (exact) mass is 240 g/mol. The van der Waals surface area contributed by atoms with E-state index in [1.165, 1.54) is 6.42 Å². The number of nitrogens with zero attached hydrogens (tertiary/aromatic N) is 1. The van der Waals surface area contributed by atoms with Crippen molar-refractivity contribution in [1.29, 1.82) is 0 Å². The maximum absolute atomic E-state index is 12.3. The van der Waals surface area contributed by atoms with Crippen LogP contribution in [0.15, 0.2) is 0 Å². The summed E-state index contributed by atoms with van der Waals surface area (Å²) in [4.78, 5) is 14.2. The molecule has 0 radical (unpaired) electrons. The third-order valence-corrected chi connectivity index (χ3v) is 4.01. The SMILES string of the molecule is CC1NCCC1C(=O)N(C)CC1CCCOC1. The van der Waals surface area contributed by atoms with Gasteiger partial charge >= 0.3 is 0 Å². The fourth-order valence-electron chi connectivity index (χ4n) is 2.91. The van der Waals surface area contributed by atoms with Gasteiger partial charge in [-0.1, -0.05) is 0 Å². The van der Waals surface area contributed by atoms with Crippen LogP contribution in [0.5, 0.6) is 0 Å². The molecule has 2 saturated heterocycles. The van der Waals surface area contributed by atoms with Crippen molar-refractivity contribution in [2.45, 2.75) is 32.2 Å². The molecule has 0 aromatic carbocycles. The van der Waals surface area contributed by atoms with Gasteiger partial charge < -0.3 is 15.0 Å². The molecule has 1 amide bonds. The maximum atomic E-state index is 12.3. The Hall–Kier alpha value is -0.610. The minimum absolute atomic E-state index is 0.171. The van der Waals surface area contributed by atoms with Crippen LogP contribution in [-0.4, -0.2) is 50.2 Å². The second kappa shape index (κ2) is 5.83. The number of amides is 1. The van der Waals surface area contributed by atoms with E-state index >= 15 is 0 Å². The van der Waals surface area contributed by atoms with Crippen molar-refractivity contribution < 1.29 is 9.53 Å². The lowest BCUT2D eigenvalue weighted by molar-refractivity contribution is -0.135. The van der Waals surface area contributed by atoms with E-state index in [-0.39, 0.29) is 5.92 Å². The van der Waals surface area contributed by atoms with Crippen molar-refractivity contribution in [3.8, 4) is 0 Å². The summed E-state index contributed by atoms with van der Waals surface area (Å²) >= 11 is 0. The number of ether oxygens (including phenoxy) is 1. The largest absolute Gasteiger partial charge is 0.381 e. The standard InChI is InChI=1S/C13H24N2O2/c1-10-12(5-6-14-10)13(16)15(2)8-11-4-3-7-17-9-11/h10-12,14H,3-9H2,1-2H3. The first-order valence-electron chi connectivity index (χ1n) is 6.74. The number of carbonyl (C=O) groups is 1. The van der Waals surface area contributed by atoms with E-state index in [0.29, 0.717) is 17.9 Å². The molecule has 0 aromatic heterocycles. The lowest BCUT2D eigenvalue weighted by Gasteiger charge is -2.29. The molecule has 0 bridgehead atoms. The first-order chi connectivity index (χ1) is 8.18. The molecule has 98 valence electrons. The summed E-state index contributed by atoms with van der Waals surface area (Å²) in [5.41, 5.74) is 0. The molecule has 2 heterocycles. The van der Waals surface area contributed by atoms with E-state index in [2.05, 4.69) is 12.2 Å². The Kier molecular flexibility index (Phi) is 4.40. The summed E-state index contributed by atoms with van der Waals surface area (Å²) in [7, 11) is 1.93. The van der Waals surface area contributed by atoms with Gasteiger partial charge in [0.2, 0.25) is 5.91 Å². The predicted octanol–water partition coefficient (Wildman–Crippen LogP) is 0.869. The molecule has 2 rings (SSSR count). The third-order valence-electron chi connectivity index (χ3n) is 4.01. The van der Waals surface area contributed by atoms with Gasteiger partial charge in [0.05, 0.1) is 12.5 Å². The highest BCUT2D eigenvalue weighted by molar-refractivity contribution is 5.79. The van der Waals surface area contributed by atoms with Gasteiger partial charge in [-0.3, -0.25) is 4.79 Å². The second-order valence-corrected chi connectivity index (χ2v) is 5.44. The number of nitrogens with one attached hydrogen (secondary N) is 1. The van der Waals surface area contributed by atoms with Gasteiger partial charge in [-0.15, -0.1) is 0 Å². The molecule has 3 unspecified atom stereocenters. The quantitative estimate of drug-likeness (QED) is 0.796. The van der Waals surface area contributed by atoms with E-state index in [9.17, 15) is 4.79 Å². The molecule has 0 saturated carbocycles. The lowest BCUT2D eigenvalue weighted by Crippen LogP contribution is -2.41. The summed E-state index contributed by atoms with van der Waals surface area (Å²) in [5.74, 6) is 1.000. The molecule has 4 heteroatoms. The highest BCUT2D eigenvalue weighted by Crippen LogP contribution is 2.20. The van der Waals surface area contributed by atoms with Crippen molar-refractivity contribution in [3.05, 3.63) is 0 Å². The first kappa shape index (κ1) is 12.8. The minimum atomic E-state index is 0.171. The van der Waals surface area contributed by atoms with Crippen LogP contribution in [0.2, 0.25) is 0 Å². The van der Waals surface area contributed by atoms with Crippen molar-refractivity contribution in [3.63, 3.8) is 0 Å². The Morgan fingerprint density at radius 3 is 2.88 bits per heavy atom. The number of hydrogen-bond donors (Lipinski definition) is 1. The average Bonchev–Trinajstić information content (AvgIpc) is 2.76. The van der Waals surface area contributed by atoms with Crippen LogP contribution in [0.4, 0.5) is 0 Å². The average molecular weight is 240 g/mol. The highest BCUT2D eigenvalue weighted by atomic mass is 16.5. The van der Waals surface area contributed by atoms with Gasteiger partial charge in [0, 0.05) is 26.2 Å². The third kappa shape index (κ3) is 3.19. The van der Waals surface area contributed by atoms with Crippen molar-refractivity contribution in [2.24, 2.45) is 11.8 Å². The number of hydrogen-bond acceptors (Lipinski definition) is 3. The fourth-order valence-corrected chi connectivity index (χ4v) is 2.91. The second-order valence-electron chi connectivity index (χ2n) is 5.44. The van der Waals surface area contributed by atoms with Crippen molar-refractivity contribution in [2.75, 3.05) is 33.4 Å². The van der Waals surface area contributed by atoms with Gasteiger partial charge in [-0.2, -0.15) is 0 Å². The van der Waals surface area contributed by atoms with Crippen LogP contribution in [0.3, 0.4) is 0 Å². The summed E-state index contributed by atoms with van der Waals surface area (Å²) in [6.45, 7) is 5.63.